The summed E-state index contributed by atoms with van der Waals surface area (Å²) in [5.41, 5.74) is 2.26. The molecule has 20 heavy (non-hydrogen) atoms. The number of benzene rings is 2. The summed E-state index contributed by atoms with van der Waals surface area (Å²) in [7, 11) is 0. The van der Waals surface area contributed by atoms with Crippen LogP contribution in [0.4, 0.5) is 11.4 Å². The summed E-state index contributed by atoms with van der Waals surface area (Å²) in [5.74, 6) is 0. The zero-order valence-corrected chi connectivity index (χ0v) is 11.9. The lowest BCUT2D eigenvalue weighted by Crippen LogP contribution is -2.01. The molecule has 0 aliphatic carbocycles. The minimum Gasteiger partial charge on any atom is -0.381 e. The molecule has 100 valence electrons. The van der Waals surface area contributed by atoms with Crippen molar-refractivity contribution >= 4 is 27.3 Å². The van der Waals surface area contributed by atoms with Gasteiger partial charge in [0.2, 0.25) is 0 Å². The van der Waals surface area contributed by atoms with Crippen LogP contribution in [0.5, 0.6) is 0 Å². The zero-order valence-electron chi connectivity index (χ0n) is 10.3. The molecular formula is C14H10BrN3O2. The van der Waals surface area contributed by atoms with E-state index in [9.17, 15) is 10.1 Å². The normalized spacial score (nSPS) is 9.80. The molecule has 0 bridgehead atoms. The van der Waals surface area contributed by atoms with Crippen LogP contribution in [0.1, 0.15) is 11.1 Å². The number of halogens is 1. The summed E-state index contributed by atoms with van der Waals surface area (Å²) in [4.78, 5) is 10.3. The molecule has 0 unspecified atom stereocenters. The Bertz CT molecular complexity index is 695. The van der Waals surface area contributed by atoms with Crippen LogP contribution in [0.3, 0.4) is 0 Å². The Labute approximate surface area is 124 Å². The van der Waals surface area contributed by atoms with Crippen LogP contribution < -0.4 is 5.32 Å². The van der Waals surface area contributed by atoms with Crippen LogP contribution in [0.15, 0.2) is 46.9 Å². The second-order valence-corrected chi connectivity index (χ2v) is 4.90. The number of nitrogens with zero attached hydrogens (tertiary/aromatic N) is 2. The molecule has 0 fully saturated rings. The van der Waals surface area contributed by atoms with Crippen molar-refractivity contribution in [1.29, 1.82) is 5.26 Å². The highest BCUT2D eigenvalue weighted by molar-refractivity contribution is 9.10. The van der Waals surface area contributed by atoms with E-state index in [0.29, 0.717) is 16.6 Å². The van der Waals surface area contributed by atoms with Crippen molar-refractivity contribution in [3.63, 3.8) is 0 Å². The van der Waals surface area contributed by atoms with Crippen LogP contribution in [-0.2, 0) is 6.54 Å². The van der Waals surface area contributed by atoms with Crippen molar-refractivity contribution in [3.8, 4) is 6.07 Å². The van der Waals surface area contributed by atoms with Crippen molar-refractivity contribution in [1.82, 2.24) is 0 Å². The highest BCUT2D eigenvalue weighted by Crippen LogP contribution is 2.27. The topological polar surface area (TPSA) is 79.0 Å². The van der Waals surface area contributed by atoms with Gasteiger partial charge in [-0.2, -0.15) is 5.26 Å². The van der Waals surface area contributed by atoms with Crippen LogP contribution in [0, 0.1) is 21.4 Å². The van der Waals surface area contributed by atoms with E-state index >= 15 is 0 Å². The molecule has 0 atom stereocenters. The van der Waals surface area contributed by atoms with E-state index in [4.69, 9.17) is 5.26 Å². The predicted molar refractivity (Wildman–Crippen MR) is 79.3 cm³/mol. The molecule has 0 aromatic heterocycles. The monoisotopic (exact) mass is 331 g/mol. The van der Waals surface area contributed by atoms with E-state index < -0.39 is 4.92 Å². The molecule has 0 saturated heterocycles. The van der Waals surface area contributed by atoms with E-state index in [1.54, 1.807) is 18.2 Å². The quantitative estimate of drug-likeness (QED) is 0.681. The SMILES string of the molecule is N#Cc1ccccc1CNc1ccc([N+](=O)[O-])c(Br)c1. The van der Waals surface area contributed by atoms with Crippen LogP contribution in [0.2, 0.25) is 0 Å². The maximum Gasteiger partial charge on any atom is 0.283 e. The van der Waals surface area contributed by atoms with Gasteiger partial charge in [-0.15, -0.1) is 0 Å². The number of rotatable bonds is 4. The van der Waals surface area contributed by atoms with Crippen LogP contribution in [-0.4, -0.2) is 4.92 Å². The van der Waals surface area contributed by atoms with Gasteiger partial charge in [-0.25, -0.2) is 0 Å². The molecule has 0 aliphatic rings. The summed E-state index contributed by atoms with van der Waals surface area (Å²) in [6, 6.07) is 14.1. The standard InChI is InChI=1S/C14H10BrN3O2/c15-13-7-12(5-6-14(13)18(19)20)17-9-11-4-2-1-3-10(11)8-16/h1-7,17H,9H2. The third-order valence-electron chi connectivity index (χ3n) is 2.77. The van der Waals surface area contributed by atoms with E-state index in [-0.39, 0.29) is 5.69 Å². The number of nitro benzene ring substituents is 1. The van der Waals surface area contributed by atoms with Crippen molar-refractivity contribution in [2.45, 2.75) is 6.54 Å². The first-order valence-electron chi connectivity index (χ1n) is 5.77. The number of hydrogen-bond donors (Lipinski definition) is 1. The molecule has 1 N–H and O–H groups in total. The van der Waals surface area contributed by atoms with Gasteiger partial charge in [-0.3, -0.25) is 10.1 Å². The lowest BCUT2D eigenvalue weighted by atomic mass is 10.1. The Morgan fingerprint density at radius 2 is 2.05 bits per heavy atom. The molecule has 0 spiro atoms. The number of nitrogens with one attached hydrogen (secondary N) is 1. The lowest BCUT2D eigenvalue weighted by Gasteiger charge is -2.08. The van der Waals surface area contributed by atoms with E-state index in [2.05, 4.69) is 27.3 Å². The molecule has 0 saturated carbocycles. The summed E-state index contributed by atoms with van der Waals surface area (Å²) >= 11 is 3.17. The van der Waals surface area contributed by atoms with Crippen LogP contribution >= 0.6 is 15.9 Å². The Morgan fingerprint density at radius 1 is 1.30 bits per heavy atom. The van der Waals surface area contributed by atoms with E-state index in [1.165, 1.54) is 6.07 Å². The molecule has 0 heterocycles. The Kier molecular flexibility index (Phi) is 4.33. The summed E-state index contributed by atoms with van der Waals surface area (Å²) in [6.07, 6.45) is 0. The van der Waals surface area contributed by atoms with E-state index in [0.717, 1.165) is 11.3 Å². The van der Waals surface area contributed by atoms with Gasteiger partial charge in [0.05, 0.1) is 21.0 Å². The largest absolute Gasteiger partial charge is 0.381 e. The number of nitro groups is 1. The van der Waals surface area contributed by atoms with Gasteiger partial charge in [0.15, 0.2) is 0 Å². The minimum absolute atomic E-state index is 0.0213. The van der Waals surface area contributed by atoms with Gasteiger partial charge in [0.25, 0.3) is 5.69 Å². The molecule has 2 rings (SSSR count). The molecule has 6 heteroatoms. The van der Waals surface area contributed by atoms with Gasteiger partial charge < -0.3 is 5.32 Å². The van der Waals surface area contributed by atoms with Crippen molar-refractivity contribution < 1.29 is 4.92 Å². The second kappa shape index (κ2) is 6.17. The molecule has 0 radical (unpaired) electrons. The maximum atomic E-state index is 10.7. The molecule has 5 nitrogen and oxygen atoms in total. The first-order chi connectivity index (χ1) is 9.61. The van der Waals surface area contributed by atoms with Crippen molar-refractivity contribution in [2.75, 3.05) is 5.32 Å². The Morgan fingerprint density at radius 3 is 2.70 bits per heavy atom. The first kappa shape index (κ1) is 14.0. The number of hydrogen-bond acceptors (Lipinski definition) is 4. The van der Waals surface area contributed by atoms with E-state index in [1.807, 2.05) is 18.2 Å². The fourth-order valence-electron chi connectivity index (χ4n) is 1.75. The molecule has 0 amide bonds. The molecule has 0 aliphatic heterocycles. The van der Waals surface area contributed by atoms with Crippen molar-refractivity contribution in [3.05, 3.63) is 68.2 Å². The highest BCUT2D eigenvalue weighted by atomic mass is 79.9. The van der Waals surface area contributed by atoms with Gasteiger partial charge in [0, 0.05) is 18.3 Å². The second-order valence-electron chi connectivity index (χ2n) is 4.05. The van der Waals surface area contributed by atoms with Gasteiger partial charge >= 0.3 is 0 Å². The van der Waals surface area contributed by atoms with Crippen LogP contribution in [0.25, 0.3) is 0 Å². The highest BCUT2D eigenvalue weighted by Gasteiger charge is 2.11. The molecular weight excluding hydrogens is 322 g/mol. The lowest BCUT2D eigenvalue weighted by molar-refractivity contribution is -0.385. The third-order valence-corrected chi connectivity index (χ3v) is 3.40. The molecule has 2 aromatic rings. The fraction of sp³-hybridized carbons (Fsp3) is 0.0714. The predicted octanol–water partition coefficient (Wildman–Crippen LogP) is 3.84. The number of nitriles is 1. The smallest absolute Gasteiger partial charge is 0.283 e. The Balaban J connectivity index is 2.14. The average Bonchev–Trinajstić information content (AvgIpc) is 2.45. The Hall–Kier alpha value is -2.39. The average molecular weight is 332 g/mol. The summed E-state index contributed by atoms with van der Waals surface area (Å²) in [6.45, 7) is 0.480. The van der Waals surface area contributed by atoms with Gasteiger partial charge in [0.1, 0.15) is 0 Å². The summed E-state index contributed by atoms with van der Waals surface area (Å²) in [5, 5.41) is 22.9. The van der Waals surface area contributed by atoms with Gasteiger partial charge in [-0.1, -0.05) is 18.2 Å². The molecule has 2 aromatic carbocycles. The summed E-state index contributed by atoms with van der Waals surface area (Å²) < 4.78 is 0.418. The zero-order chi connectivity index (χ0) is 14.5. The first-order valence-corrected chi connectivity index (χ1v) is 6.57. The minimum atomic E-state index is -0.446. The third kappa shape index (κ3) is 3.13. The maximum absolute atomic E-state index is 10.7. The van der Waals surface area contributed by atoms with Gasteiger partial charge in [-0.05, 0) is 39.7 Å². The number of anilines is 1. The fourth-order valence-corrected chi connectivity index (χ4v) is 2.27. The van der Waals surface area contributed by atoms with Crippen molar-refractivity contribution in [2.24, 2.45) is 0 Å².